The summed E-state index contributed by atoms with van der Waals surface area (Å²) < 4.78 is 22.0. The van der Waals surface area contributed by atoms with Gasteiger partial charge in [-0.1, -0.05) is 0 Å². The van der Waals surface area contributed by atoms with E-state index >= 15 is 0 Å². The number of hydrogen-bond donors (Lipinski definition) is 2. The smallest absolute Gasteiger partial charge is 0.254 e. The van der Waals surface area contributed by atoms with Crippen molar-refractivity contribution in [3.63, 3.8) is 0 Å². The van der Waals surface area contributed by atoms with Gasteiger partial charge in [0.2, 0.25) is 6.79 Å². The van der Waals surface area contributed by atoms with E-state index in [9.17, 15) is 4.79 Å². The summed E-state index contributed by atoms with van der Waals surface area (Å²) in [5.74, 6) is 2.55. The van der Waals surface area contributed by atoms with Crippen molar-refractivity contribution in [3.8, 4) is 23.0 Å². The maximum absolute atomic E-state index is 13.3. The minimum atomic E-state index is -0.392. The molecule has 2 N–H and O–H groups in total. The summed E-state index contributed by atoms with van der Waals surface area (Å²) in [6.07, 6.45) is 0.762. The molecule has 2 aliphatic heterocycles. The second-order valence-electron chi connectivity index (χ2n) is 7.65. The van der Waals surface area contributed by atoms with Gasteiger partial charge >= 0.3 is 0 Å². The van der Waals surface area contributed by atoms with Crippen molar-refractivity contribution in [1.82, 2.24) is 15.2 Å². The van der Waals surface area contributed by atoms with E-state index in [4.69, 9.17) is 31.2 Å². The van der Waals surface area contributed by atoms with E-state index < -0.39 is 6.04 Å². The van der Waals surface area contributed by atoms with Crippen LogP contribution in [-0.4, -0.2) is 49.6 Å². The zero-order valence-corrected chi connectivity index (χ0v) is 18.8. The van der Waals surface area contributed by atoms with Crippen molar-refractivity contribution >= 4 is 28.2 Å². The molecule has 0 unspecified atom stereocenters. The van der Waals surface area contributed by atoms with Crippen LogP contribution in [0.25, 0.3) is 10.9 Å². The largest absolute Gasteiger partial charge is 0.493 e. The number of methoxy groups -OCH3 is 2. The summed E-state index contributed by atoms with van der Waals surface area (Å²) in [5.41, 5.74) is 3.13. The Hall–Kier alpha value is -3.46. The van der Waals surface area contributed by atoms with E-state index in [2.05, 4.69) is 10.3 Å². The van der Waals surface area contributed by atoms with E-state index in [1.165, 1.54) is 0 Å². The molecule has 0 saturated carbocycles. The van der Waals surface area contributed by atoms with Gasteiger partial charge in [0.1, 0.15) is 0 Å². The van der Waals surface area contributed by atoms with Crippen LogP contribution in [-0.2, 0) is 6.42 Å². The molecule has 2 aromatic carbocycles. The molecule has 5 rings (SSSR count). The molecule has 32 heavy (non-hydrogen) atoms. The molecule has 3 heterocycles. The van der Waals surface area contributed by atoms with Crippen LogP contribution >= 0.6 is 12.2 Å². The van der Waals surface area contributed by atoms with Crippen LogP contribution in [0.5, 0.6) is 23.0 Å². The summed E-state index contributed by atoms with van der Waals surface area (Å²) in [6.45, 7) is 0.829. The van der Waals surface area contributed by atoms with Gasteiger partial charge in [0, 0.05) is 30.6 Å². The third-order valence-corrected chi connectivity index (χ3v) is 6.45. The fourth-order valence-corrected chi connectivity index (χ4v) is 4.66. The van der Waals surface area contributed by atoms with Crippen molar-refractivity contribution in [2.45, 2.75) is 12.5 Å². The third-order valence-electron chi connectivity index (χ3n) is 6.01. The Morgan fingerprint density at radius 3 is 2.53 bits per heavy atom. The molecule has 3 aromatic rings. The summed E-state index contributed by atoms with van der Waals surface area (Å²) >= 11 is 5.61. The third kappa shape index (κ3) is 3.20. The van der Waals surface area contributed by atoms with Crippen LogP contribution < -0.4 is 29.8 Å². The lowest BCUT2D eigenvalue weighted by Gasteiger charge is -2.39. The maximum atomic E-state index is 13.3. The first-order valence-electron chi connectivity index (χ1n) is 10.2. The minimum Gasteiger partial charge on any atom is -0.493 e. The van der Waals surface area contributed by atoms with Gasteiger partial charge in [0.15, 0.2) is 28.1 Å². The van der Waals surface area contributed by atoms with Crippen LogP contribution in [0.3, 0.4) is 0 Å². The van der Waals surface area contributed by atoms with E-state index in [1.54, 1.807) is 27.3 Å². The van der Waals surface area contributed by atoms with Gasteiger partial charge in [-0.05, 0) is 54.0 Å². The number of pyridine rings is 1. The lowest BCUT2D eigenvalue weighted by molar-refractivity contribution is 0.174. The number of aromatic nitrogens is 1. The Balaban J connectivity index is 1.73. The first-order chi connectivity index (χ1) is 15.5. The fraction of sp³-hybridized carbons (Fsp3) is 0.304. The summed E-state index contributed by atoms with van der Waals surface area (Å²) in [4.78, 5) is 18.3. The topological polar surface area (TPSA) is 85.1 Å². The Labute approximate surface area is 190 Å². The molecule has 0 bridgehead atoms. The van der Waals surface area contributed by atoms with Crippen molar-refractivity contribution in [2.75, 3.05) is 34.6 Å². The van der Waals surface area contributed by atoms with Crippen molar-refractivity contribution in [2.24, 2.45) is 0 Å². The zero-order valence-electron chi connectivity index (χ0n) is 18.0. The van der Waals surface area contributed by atoms with E-state index in [1.807, 2.05) is 29.2 Å². The average molecular weight is 454 g/mol. The first kappa shape index (κ1) is 20.4. The summed E-state index contributed by atoms with van der Waals surface area (Å²) in [6, 6.07) is 9.10. The predicted octanol–water partition coefficient (Wildman–Crippen LogP) is 2.73. The number of aromatic amines is 1. The first-order valence-corrected chi connectivity index (χ1v) is 10.6. The summed E-state index contributed by atoms with van der Waals surface area (Å²) in [7, 11) is 5.00. The molecule has 0 fully saturated rings. The number of rotatable bonds is 3. The van der Waals surface area contributed by atoms with Gasteiger partial charge in [-0.15, -0.1) is 0 Å². The van der Waals surface area contributed by atoms with Gasteiger partial charge in [-0.3, -0.25) is 4.79 Å². The average Bonchev–Trinajstić information content (AvgIpc) is 3.27. The Bertz CT molecular complexity index is 1290. The molecular weight excluding hydrogens is 430 g/mol. The Morgan fingerprint density at radius 2 is 1.81 bits per heavy atom. The maximum Gasteiger partial charge on any atom is 0.254 e. The van der Waals surface area contributed by atoms with E-state index in [0.717, 1.165) is 22.9 Å². The highest BCUT2D eigenvalue weighted by Gasteiger charge is 2.33. The van der Waals surface area contributed by atoms with Crippen LogP contribution in [0.15, 0.2) is 35.1 Å². The van der Waals surface area contributed by atoms with Gasteiger partial charge in [-0.2, -0.15) is 0 Å². The molecule has 9 heteroatoms. The van der Waals surface area contributed by atoms with Crippen molar-refractivity contribution in [1.29, 1.82) is 0 Å². The number of H-pyrrole nitrogens is 1. The molecule has 8 nitrogen and oxygen atoms in total. The number of benzene rings is 2. The standard InChI is InChI=1S/C23H23N3O5S/c1-24-23(32)26-5-4-12-7-17(28-2)18(29-3)9-14(12)21(26)15-6-13-8-19-20(31-11-30-19)10-16(13)25-22(15)27/h6-10,21H,4-5,11H2,1-3H3,(H,24,32)(H,25,27)/t21-/m0/s1. The Morgan fingerprint density at radius 1 is 1.09 bits per heavy atom. The molecule has 0 amide bonds. The second-order valence-corrected chi connectivity index (χ2v) is 8.04. The highest BCUT2D eigenvalue weighted by Crippen LogP contribution is 2.41. The molecule has 1 atom stereocenters. The lowest BCUT2D eigenvalue weighted by Crippen LogP contribution is -2.46. The molecule has 0 spiro atoms. The number of nitrogens with zero attached hydrogens (tertiary/aromatic N) is 1. The molecule has 0 radical (unpaired) electrons. The van der Waals surface area contributed by atoms with Gasteiger partial charge in [0.05, 0.1) is 25.8 Å². The number of thiocarbonyl (C=S) groups is 1. The highest BCUT2D eigenvalue weighted by molar-refractivity contribution is 7.80. The number of nitrogens with one attached hydrogen (secondary N) is 2. The molecule has 1 aromatic heterocycles. The van der Waals surface area contributed by atoms with Crippen LogP contribution in [0, 0.1) is 0 Å². The predicted molar refractivity (Wildman–Crippen MR) is 124 cm³/mol. The quantitative estimate of drug-likeness (QED) is 0.586. The number of fused-ring (bicyclic) bond motifs is 3. The molecule has 0 saturated heterocycles. The van der Waals surface area contributed by atoms with Crippen LogP contribution in [0.2, 0.25) is 0 Å². The van der Waals surface area contributed by atoms with Gasteiger partial charge in [0.25, 0.3) is 5.56 Å². The van der Waals surface area contributed by atoms with Gasteiger partial charge < -0.3 is 34.1 Å². The fourth-order valence-electron chi connectivity index (χ4n) is 4.46. The number of ether oxygens (including phenoxy) is 4. The molecule has 0 aliphatic carbocycles. The SMILES string of the molecule is CNC(=S)N1CCc2cc(OC)c(OC)cc2[C@H]1c1cc2cc3c(cc2[nH]c1=O)OCO3. The monoisotopic (exact) mass is 453 g/mol. The lowest BCUT2D eigenvalue weighted by atomic mass is 9.88. The zero-order chi connectivity index (χ0) is 22.4. The van der Waals surface area contributed by atoms with Crippen LogP contribution in [0.1, 0.15) is 22.7 Å². The van der Waals surface area contributed by atoms with E-state index in [0.29, 0.717) is 45.7 Å². The molecule has 2 aliphatic rings. The van der Waals surface area contributed by atoms with Crippen molar-refractivity contribution in [3.05, 3.63) is 57.4 Å². The summed E-state index contributed by atoms with van der Waals surface area (Å²) in [5, 5.41) is 4.48. The minimum absolute atomic E-state index is 0.171. The normalized spacial score (nSPS) is 16.6. The second kappa shape index (κ2) is 7.90. The highest BCUT2D eigenvalue weighted by atomic mass is 32.1. The number of hydrogen-bond acceptors (Lipinski definition) is 6. The van der Waals surface area contributed by atoms with E-state index in [-0.39, 0.29) is 12.4 Å². The molecular formula is C23H23N3O5S. The van der Waals surface area contributed by atoms with Crippen molar-refractivity contribution < 1.29 is 18.9 Å². The Kier molecular flexibility index (Phi) is 5.05. The van der Waals surface area contributed by atoms with Gasteiger partial charge in [-0.25, -0.2) is 0 Å². The van der Waals surface area contributed by atoms with Crippen LogP contribution in [0.4, 0.5) is 0 Å². The molecule has 166 valence electrons.